The zero-order valence-corrected chi connectivity index (χ0v) is 9.75. The molecule has 1 aliphatic rings. The number of hydrogen-bond donors (Lipinski definition) is 2. The molecule has 1 saturated carbocycles. The number of rotatable bonds is 6. The summed E-state index contributed by atoms with van der Waals surface area (Å²) in [7, 11) is -3.41. The van der Waals surface area contributed by atoms with Gasteiger partial charge < -0.3 is 5.11 Å². The highest BCUT2D eigenvalue weighted by atomic mass is 32.2. The minimum absolute atomic E-state index is 0.146. The van der Waals surface area contributed by atoms with Gasteiger partial charge >= 0.3 is 5.97 Å². The van der Waals surface area contributed by atoms with E-state index in [4.69, 9.17) is 5.11 Å². The van der Waals surface area contributed by atoms with Crippen LogP contribution in [0.15, 0.2) is 0 Å². The van der Waals surface area contributed by atoms with Crippen LogP contribution in [0, 0.1) is 5.92 Å². The minimum Gasteiger partial charge on any atom is -0.480 e. The second-order valence-electron chi connectivity index (χ2n) is 4.38. The van der Waals surface area contributed by atoms with Gasteiger partial charge in [0.05, 0.1) is 5.25 Å². The average Bonchev–Trinajstić information content (AvgIpc) is 2.82. The maximum absolute atomic E-state index is 11.5. The summed E-state index contributed by atoms with van der Waals surface area (Å²) >= 11 is 0. The third-order valence-electron chi connectivity index (χ3n) is 2.27. The number of carbonyl (C=O) groups is 1. The quantitative estimate of drug-likeness (QED) is 0.705. The second-order valence-corrected chi connectivity index (χ2v) is 6.37. The third kappa shape index (κ3) is 3.79. The Morgan fingerprint density at radius 3 is 2.33 bits per heavy atom. The number of nitrogens with one attached hydrogen (secondary N) is 1. The molecule has 0 amide bonds. The van der Waals surface area contributed by atoms with Crippen LogP contribution in [0.25, 0.3) is 0 Å². The normalized spacial score (nSPS) is 19.1. The van der Waals surface area contributed by atoms with Gasteiger partial charge in [-0.25, -0.2) is 13.1 Å². The first kappa shape index (κ1) is 12.4. The molecule has 1 unspecified atom stereocenters. The molecular formula is C9H17NO4S. The van der Waals surface area contributed by atoms with Crippen molar-refractivity contribution in [3.63, 3.8) is 0 Å². The van der Waals surface area contributed by atoms with Crippen LogP contribution in [0.2, 0.25) is 0 Å². The summed E-state index contributed by atoms with van der Waals surface area (Å²) in [5.74, 6) is -0.957. The summed E-state index contributed by atoms with van der Waals surface area (Å²) < 4.78 is 25.3. The number of carboxylic acids is 1. The first-order chi connectivity index (χ1) is 6.83. The lowest BCUT2D eigenvalue weighted by molar-refractivity contribution is -0.139. The molecule has 0 saturated heterocycles. The van der Waals surface area contributed by atoms with Crippen molar-refractivity contribution in [1.82, 2.24) is 4.72 Å². The number of hydrogen-bond acceptors (Lipinski definition) is 3. The Hall–Kier alpha value is -0.620. The van der Waals surface area contributed by atoms with Crippen molar-refractivity contribution in [1.29, 1.82) is 0 Å². The van der Waals surface area contributed by atoms with Crippen molar-refractivity contribution < 1.29 is 18.3 Å². The molecule has 0 heterocycles. The van der Waals surface area contributed by atoms with Gasteiger partial charge in [0.1, 0.15) is 6.04 Å². The molecule has 0 aliphatic heterocycles. The van der Waals surface area contributed by atoms with E-state index >= 15 is 0 Å². The largest absolute Gasteiger partial charge is 0.480 e. The van der Waals surface area contributed by atoms with Crippen molar-refractivity contribution in [2.45, 2.75) is 44.4 Å². The highest BCUT2D eigenvalue weighted by Gasteiger charge is 2.38. The van der Waals surface area contributed by atoms with E-state index in [-0.39, 0.29) is 11.2 Å². The molecule has 15 heavy (non-hydrogen) atoms. The first-order valence-electron chi connectivity index (χ1n) is 5.07. The molecular weight excluding hydrogens is 218 g/mol. The summed E-state index contributed by atoms with van der Waals surface area (Å²) in [5, 5.41) is 8.49. The number of sulfonamides is 1. The van der Waals surface area contributed by atoms with Crippen LogP contribution in [-0.4, -0.2) is 30.8 Å². The molecule has 1 rings (SSSR count). The van der Waals surface area contributed by atoms with Gasteiger partial charge in [0, 0.05) is 0 Å². The van der Waals surface area contributed by atoms with Crippen LogP contribution >= 0.6 is 0 Å². The van der Waals surface area contributed by atoms with Crippen molar-refractivity contribution in [2.75, 3.05) is 0 Å². The Kier molecular flexibility index (Phi) is 3.72. The SMILES string of the molecule is CC(C)CC(NS(=O)(=O)C1CC1)C(=O)O. The predicted molar refractivity (Wildman–Crippen MR) is 56.0 cm³/mol. The molecule has 1 fully saturated rings. The Labute approximate surface area is 89.9 Å². The van der Waals surface area contributed by atoms with Gasteiger partial charge in [0.25, 0.3) is 0 Å². The minimum atomic E-state index is -3.41. The molecule has 0 bridgehead atoms. The van der Waals surface area contributed by atoms with Gasteiger partial charge in [-0.2, -0.15) is 0 Å². The van der Waals surface area contributed by atoms with Gasteiger partial charge in [-0.05, 0) is 25.2 Å². The van der Waals surface area contributed by atoms with Gasteiger partial charge in [-0.15, -0.1) is 0 Å². The number of aliphatic carboxylic acids is 1. The summed E-state index contributed by atoms with van der Waals surface area (Å²) in [6.45, 7) is 3.72. The fourth-order valence-corrected chi connectivity index (χ4v) is 2.89. The Balaban J connectivity index is 2.61. The van der Waals surface area contributed by atoms with Crippen molar-refractivity contribution >= 4 is 16.0 Å². The van der Waals surface area contributed by atoms with E-state index in [1.807, 2.05) is 13.8 Å². The van der Waals surface area contributed by atoms with Gasteiger partial charge in [-0.1, -0.05) is 13.8 Å². The van der Waals surface area contributed by atoms with E-state index in [1.54, 1.807) is 0 Å². The summed E-state index contributed by atoms with van der Waals surface area (Å²) in [6.07, 6.45) is 1.61. The maximum atomic E-state index is 11.5. The topological polar surface area (TPSA) is 83.5 Å². The molecule has 5 nitrogen and oxygen atoms in total. The molecule has 0 aromatic rings. The summed E-state index contributed by atoms with van der Waals surface area (Å²) in [4.78, 5) is 10.8. The first-order valence-corrected chi connectivity index (χ1v) is 6.61. The molecule has 0 radical (unpaired) electrons. The standard InChI is InChI=1S/C9H17NO4S/c1-6(2)5-8(9(11)12)10-15(13,14)7-3-4-7/h6-8,10H,3-5H2,1-2H3,(H,11,12). The Bertz CT molecular complexity index is 332. The van der Waals surface area contributed by atoms with Crippen LogP contribution < -0.4 is 4.72 Å². The average molecular weight is 235 g/mol. The lowest BCUT2D eigenvalue weighted by Gasteiger charge is -2.16. The predicted octanol–water partition coefficient (Wildman–Crippen LogP) is 0.567. The zero-order chi connectivity index (χ0) is 11.6. The van der Waals surface area contributed by atoms with E-state index in [0.29, 0.717) is 19.3 Å². The second kappa shape index (κ2) is 4.49. The third-order valence-corrected chi connectivity index (χ3v) is 4.24. The van der Waals surface area contributed by atoms with Crippen LogP contribution in [-0.2, 0) is 14.8 Å². The molecule has 2 N–H and O–H groups in total. The van der Waals surface area contributed by atoms with E-state index in [0.717, 1.165) is 0 Å². The molecule has 0 spiro atoms. The maximum Gasteiger partial charge on any atom is 0.321 e. The fourth-order valence-electron chi connectivity index (χ4n) is 1.34. The smallest absolute Gasteiger partial charge is 0.321 e. The van der Waals surface area contributed by atoms with Gasteiger partial charge in [0.15, 0.2) is 0 Å². The van der Waals surface area contributed by atoms with Crippen molar-refractivity contribution in [2.24, 2.45) is 5.92 Å². The van der Waals surface area contributed by atoms with Crippen LogP contribution in [0.1, 0.15) is 33.1 Å². The number of carboxylic acid groups (broad SMARTS) is 1. The molecule has 0 aromatic carbocycles. The van der Waals surface area contributed by atoms with Crippen molar-refractivity contribution in [3.05, 3.63) is 0 Å². The van der Waals surface area contributed by atoms with E-state index < -0.39 is 22.0 Å². The van der Waals surface area contributed by atoms with E-state index in [9.17, 15) is 13.2 Å². The van der Waals surface area contributed by atoms with Gasteiger partial charge in [0.2, 0.25) is 10.0 Å². The van der Waals surface area contributed by atoms with E-state index in [1.165, 1.54) is 0 Å². The highest BCUT2D eigenvalue weighted by Crippen LogP contribution is 2.28. The van der Waals surface area contributed by atoms with Crippen LogP contribution in [0.4, 0.5) is 0 Å². The lowest BCUT2D eigenvalue weighted by atomic mass is 10.1. The molecule has 1 atom stereocenters. The highest BCUT2D eigenvalue weighted by molar-refractivity contribution is 7.90. The lowest BCUT2D eigenvalue weighted by Crippen LogP contribution is -2.43. The van der Waals surface area contributed by atoms with Crippen molar-refractivity contribution in [3.8, 4) is 0 Å². The molecule has 0 aromatic heterocycles. The Morgan fingerprint density at radius 1 is 1.47 bits per heavy atom. The molecule has 6 heteroatoms. The Morgan fingerprint density at radius 2 is 2.00 bits per heavy atom. The summed E-state index contributed by atoms with van der Waals surface area (Å²) in [5.41, 5.74) is 0. The van der Waals surface area contributed by atoms with Crippen LogP contribution in [0.3, 0.4) is 0 Å². The van der Waals surface area contributed by atoms with Gasteiger partial charge in [-0.3, -0.25) is 4.79 Å². The van der Waals surface area contributed by atoms with E-state index in [2.05, 4.69) is 4.72 Å². The van der Waals surface area contributed by atoms with Crippen LogP contribution in [0.5, 0.6) is 0 Å². The summed E-state index contributed by atoms with van der Waals surface area (Å²) in [6, 6.07) is -0.990. The molecule has 1 aliphatic carbocycles. The molecule has 88 valence electrons. The zero-order valence-electron chi connectivity index (χ0n) is 8.93. The monoisotopic (exact) mass is 235 g/mol. The fraction of sp³-hybridized carbons (Fsp3) is 0.889.